The maximum absolute atomic E-state index is 11.8. The van der Waals surface area contributed by atoms with Gasteiger partial charge in [0.05, 0.1) is 6.10 Å². The zero-order valence-corrected chi connectivity index (χ0v) is 13.6. The molecule has 4 nitrogen and oxygen atoms in total. The van der Waals surface area contributed by atoms with Crippen LogP contribution in [0.5, 0.6) is 0 Å². The Balaban J connectivity index is 1.86. The van der Waals surface area contributed by atoms with Gasteiger partial charge in [0.15, 0.2) is 0 Å². The summed E-state index contributed by atoms with van der Waals surface area (Å²) < 4.78 is 6.00. The normalized spacial score (nSPS) is 30.9. The fourth-order valence-electron chi connectivity index (χ4n) is 4.13. The van der Waals surface area contributed by atoms with Gasteiger partial charge in [0.2, 0.25) is 0 Å². The van der Waals surface area contributed by atoms with Crippen LogP contribution in [0.15, 0.2) is 0 Å². The lowest BCUT2D eigenvalue weighted by Gasteiger charge is -2.35. The van der Waals surface area contributed by atoms with Gasteiger partial charge in [0, 0.05) is 12.6 Å². The number of hydrogen-bond acceptors (Lipinski definition) is 3. The maximum atomic E-state index is 11.8. The van der Waals surface area contributed by atoms with Crippen molar-refractivity contribution in [1.29, 1.82) is 0 Å². The zero-order valence-electron chi connectivity index (χ0n) is 13.6. The summed E-state index contributed by atoms with van der Waals surface area (Å²) in [5.41, 5.74) is -0.732. The minimum absolute atomic E-state index is 0.195. The van der Waals surface area contributed by atoms with E-state index >= 15 is 0 Å². The zero-order chi connectivity index (χ0) is 15.3. The van der Waals surface area contributed by atoms with E-state index in [-0.39, 0.29) is 12.0 Å². The predicted octanol–water partition coefficient (Wildman–Crippen LogP) is 3.35. The van der Waals surface area contributed by atoms with E-state index in [1.165, 1.54) is 32.1 Å². The van der Waals surface area contributed by atoms with Gasteiger partial charge in [0.25, 0.3) is 0 Å². The van der Waals surface area contributed by atoms with E-state index in [4.69, 9.17) is 4.74 Å². The van der Waals surface area contributed by atoms with Crippen molar-refractivity contribution in [3.05, 3.63) is 0 Å². The molecule has 21 heavy (non-hydrogen) atoms. The molecule has 2 saturated carbocycles. The molecule has 0 saturated heterocycles. The SMILES string of the molecule is CC(C)NC1(C(=O)O)CCCC1CCOC1CCCCC1. The van der Waals surface area contributed by atoms with E-state index in [9.17, 15) is 9.90 Å². The van der Waals surface area contributed by atoms with Crippen LogP contribution in [0, 0.1) is 5.92 Å². The molecule has 2 aliphatic carbocycles. The minimum atomic E-state index is -0.732. The predicted molar refractivity (Wildman–Crippen MR) is 83.4 cm³/mol. The minimum Gasteiger partial charge on any atom is -0.480 e. The smallest absolute Gasteiger partial charge is 0.324 e. The average Bonchev–Trinajstić information content (AvgIpc) is 2.83. The second-order valence-electron chi connectivity index (χ2n) is 7.08. The van der Waals surface area contributed by atoms with E-state index < -0.39 is 11.5 Å². The number of carboxylic acid groups (broad SMARTS) is 1. The molecule has 2 rings (SSSR count). The monoisotopic (exact) mass is 297 g/mol. The van der Waals surface area contributed by atoms with Crippen LogP contribution in [0.3, 0.4) is 0 Å². The highest BCUT2D eigenvalue weighted by atomic mass is 16.5. The van der Waals surface area contributed by atoms with Crippen LogP contribution in [0.1, 0.15) is 71.6 Å². The third kappa shape index (κ3) is 4.19. The molecule has 2 fully saturated rings. The molecule has 0 spiro atoms. The van der Waals surface area contributed by atoms with Crippen molar-refractivity contribution in [1.82, 2.24) is 5.32 Å². The van der Waals surface area contributed by atoms with E-state index in [1.807, 2.05) is 13.8 Å². The molecule has 2 N–H and O–H groups in total. The lowest BCUT2D eigenvalue weighted by Crippen LogP contribution is -2.57. The Bertz CT molecular complexity index is 339. The fourth-order valence-corrected chi connectivity index (χ4v) is 4.13. The molecule has 0 aromatic rings. The molecule has 2 atom stereocenters. The average molecular weight is 297 g/mol. The first-order valence-corrected chi connectivity index (χ1v) is 8.67. The first kappa shape index (κ1) is 16.8. The highest BCUT2D eigenvalue weighted by Crippen LogP contribution is 2.39. The van der Waals surface area contributed by atoms with Crippen LogP contribution in [0.4, 0.5) is 0 Å². The third-order valence-electron chi connectivity index (χ3n) is 5.12. The molecule has 0 radical (unpaired) electrons. The lowest BCUT2D eigenvalue weighted by atomic mass is 9.84. The van der Waals surface area contributed by atoms with Crippen molar-refractivity contribution >= 4 is 5.97 Å². The van der Waals surface area contributed by atoms with Crippen molar-refractivity contribution in [2.24, 2.45) is 5.92 Å². The molecular formula is C17H31NO3. The van der Waals surface area contributed by atoms with Gasteiger partial charge in [-0.1, -0.05) is 25.7 Å². The number of hydrogen-bond donors (Lipinski definition) is 2. The second-order valence-corrected chi connectivity index (χ2v) is 7.08. The summed E-state index contributed by atoms with van der Waals surface area (Å²) in [4.78, 5) is 11.8. The Morgan fingerprint density at radius 3 is 2.57 bits per heavy atom. The molecule has 4 heteroatoms. The standard InChI is InChI=1S/C17H31NO3/c1-13(2)18-17(16(19)20)11-6-7-14(17)10-12-21-15-8-4-3-5-9-15/h13-15,18H,3-12H2,1-2H3,(H,19,20). The Hall–Kier alpha value is -0.610. The van der Waals surface area contributed by atoms with E-state index in [0.29, 0.717) is 12.7 Å². The van der Waals surface area contributed by atoms with Crippen LogP contribution in [0.2, 0.25) is 0 Å². The number of aliphatic carboxylic acids is 1. The number of nitrogens with one attached hydrogen (secondary N) is 1. The second kappa shape index (κ2) is 7.59. The molecule has 0 aromatic heterocycles. The van der Waals surface area contributed by atoms with Crippen LogP contribution in [-0.4, -0.2) is 35.4 Å². The topological polar surface area (TPSA) is 58.6 Å². The number of carbonyl (C=O) groups is 1. The summed E-state index contributed by atoms with van der Waals surface area (Å²) in [7, 11) is 0. The van der Waals surface area contributed by atoms with Crippen LogP contribution < -0.4 is 5.32 Å². The van der Waals surface area contributed by atoms with Gasteiger partial charge in [-0.3, -0.25) is 10.1 Å². The highest BCUT2D eigenvalue weighted by Gasteiger charge is 2.49. The summed E-state index contributed by atoms with van der Waals surface area (Å²) in [6, 6.07) is 0.195. The van der Waals surface area contributed by atoms with Crippen molar-refractivity contribution in [3.8, 4) is 0 Å². The summed E-state index contributed by atoms with van der Waals surface area (Å²) in [6.45, 7) is 4.77. The largest absolute Gasteiger partial charge is 0.480 e. The van der Waals surface area contributed by atoms with E-state index in [2.05, 4.69) is 5.32 Å². The van der Waals surface area contributed by atoms with Crippen molar-refractivity contribution in [2.45, 2.75) is 89.3 Å². The molecule has 0 heterocycles. The van der Waals surface area contributed by atoms with E-state index in [1.54, 1.807) is 0 Å². The van der Waals surface area contributed by atoms with Gasteiger partial charge in [-0.15, -0.1) is 0 Å². The molecule has 0 aliphatic heterocycles. The molecule has 0 amide bonds. The highest BCUT2D eigenvalue weighted by molar-refractivity contribution is 5.79. The molecule has 0 bridgehead atoms. The Labute approximate surface area is 128 Å². The van der Waals surface area contributed by atoms with Crippen molar-refractivity contribution in [2.75, 3.05) is 6.61 Å². The third-order valence-corrected chi connectivity index (χ3v) is 5.12. The molecule has 122 valence electrons. The van der Waals surface area contributed by atoms with Gasteiger partial charge >= 0.3 is 5.97 Å². The van der Waals surface area contributed by atoms with E-state index in [0.717, 1.165) is 25.7 Å². The van der Waals surface area contributed by atoms with Crippen molar-refractivity contribution < 1.29 is 14.6 Å². The Morgan fingerprint density at radius 1 is 1.24 bits per heavy atom. The molecule has 2 aliphatic rings. The van der Waals surface area contributed by atoms with Gasteiger partial charge in [-0.25, -0.2) is 0 Å². The first-order chi connectivity index (χ1) is 10.0. The number of rotatable bonds is 7. The summed E-state index contributed by atoms with van der Waals surface area (Å²) in [6.07, 6.45) is 10.3. The number of ether oxygens (including phenoxy) is 1. The quantitative estimate of drug-likeness (QED) is 0.756. The Kier molecular flexibility index (Phi) is 6.06. The summed E-state index contributed by atoms with van der Waals surface area (Å²) in [5.74, 6) is -0.489. The van der Waals surface area contributed by atoms with Gasteiger partial charge in [-0.05, 0) is 51.9 Å². The molecule has 0 aromatic carbocycles. The first-order valence-electron chi connectivity index (χ1n) is 8.67. The van der Waals surface area contributed by atoms with Crippen LogP contribution in [-0.2, 0) is 9.53 Å². The molecular weight excluding hydrogens is 266 g/mol. The van der Waals surface area contributed by atoms with Gasteiger partial charge in [-0.2, -0.15) is 0 Å². The lowest BCUT2D eigenvalue weighted by molar-refractivity contribution is -0.147. The van der Waals surface area contributed by atoms with Crippen LogP contribution in [0.25, 0.3) is 0 Å². The Morgan fingerprint density at radius 2 is 1.95 bits per heavy atom. The number of carboxylic acids is 1. The summed E-state index contributed by atoms with van der Waals surface area (Å²) in [5, 5.41) is 13.1. The van der Waals surface area contributed by atoms with Gasteiger partial charge in [0.1, 0.15) is 5.54 Å². The molecule has 2 unspecified atom stereocenters. The van der Waals surface area contributed by atoms with Gasteiger partial charge < -0.3 is 9.84 Å². The fraction of sp³-hybridized carbons (Fsp3) is 0.941. The maximum Gasteiger partial charge on any atom is 0.324 e. The van der Waals surface area contributed by atoms with Crippen LogP contribution >= 0.6 is 0 Å². The summed E-state index contributed by atoms with van der Waals surface area (Å²) >= 11 is 0. The van der Waals surface area contributed by atoms with Crippen molar-refractivity contribution in [3.63, 3.8) is 0 Å².